The molecule has 0 saturated carbocycles. The molecule has 142 valence electrons. The van der Waals surface area contributed by atoms with Gasteiger partial charge in [-0.05, 0) is 32.3 Å². The lowest BCUT2D eigenvalue weighted by Crippen LogP contribution is -2.54. The van der Waals surface area contributed by atoms with Gasteiger partial charge in [-0.25, -0.2) is 0 Å². The number of carbonyl (C=O) groups excluding carboxylic acids is 2. The average molecular weight is 359 g/mol. The highest BCUT2D eigenvalue weighted by molar-refractivity contribution is 5.84. The number of carbonyl (C=O) groups is 2. The van der Waals surface area contributed by atoms with Gasteiger partial charge < -0.3 is 15.4 Å². The Labute approximate surface area is 155 Å². The minimum Gasteiger partial charge on any atom is -0.379 e. The van der Waals surface area contributed by atoms with Crippen molar-refractivity contribution in [2.75, 3.05) is 32.8 Å². The van der Waals surface area contributed by atoms with Crippen LogP contribution in [0.3, 0.4) is 0 Å². The molecular formula is C20H29N3O3. The van der Waals surface area contributed by atoms with Crippen LogP contribution >= 0.6 is 0 Å². The van der Waals surface area contributed by atoms with E-state index in [1.165, 1.54) is 5.56 Å². The number of likely N-dealkylation sites (tertiary alicyclic amines) is 1. The van der Waals surface area contributed by atoms with Crippen molar-refractivity contribution in [1.29, 1.82) is 0 Å². The van der Waals surface area contributed by atoms with Gasteiger partial charge >= 0.3 is 0 Å². The Kier molecular flexibility index (Phi) is 5.94. The number of hydrogen-bond donors (Lipinski definition) is 2. The van der Waals surface area contributed by atoms with E-state index in [2.05, 4.69) is 27.7 Å². The van der Waals surface area contributed by atoms with Crippen LogP contribution in [0.15, 0.2) is 30.3 Å². The first-order chi connectivity index (χ1) is 12.5. The second-order valence-electron chi connectivity index (χ2n) is 7.60. The van der Waals surface area contributed by atoms with Crippen molar-refractivity contribution >= 4 is 11.8 Å². The van der Waals surface area contributed by atoms with Crippen LogP contribution in [0.1, 0.15) is 25.8 Å². The Morgan fingerprint density at radius 1 is 1.27 bits per heavy atom. The Morgan fingerprint density at radius 2 is 2.00 bits per heavy atom. The summed E-state index contributed by atoms with van der Waals surface area (Å²) in [6.07, 6.45) is 1.55. The summed E-state index contributed by atoms with van der Waals surface area (Å²) >= 11 is 0. The summed E-state index contributed by atoms with van der Waals surface area (Å²) in [4.78, 5) is 27.2. The Morgan fingerprint density at radius 3 is 2.62 bits per heavy atom. The molecule has 2 atom stereocenters. The molecule has 2 heterocycles. The first-order valence-electron chi connectivity index (χ1n) is 9.46. The van der Waals surface area contributed by atoms with Crippen molar-refractivity contribution in [3.63, 3.8) is 0 Å². The molecule has 26 heavy (non-hydrogen) atoms. The average Bonchev–Trinajstić information content (AvgIpc) is 3.01. The Bertz CT molecular complexity index is 630. The molecule has 0 radical (unpaired) electrons. The fraction of sp³-hybridized carbons (Fsp3) is 0.600. The highest BCUT2D eigenvalue weighted by atomic mass is 16.5. The number of nitrogens with zero attached hydrogens (tertiary/aromatic N) is 1. The van der Waals surface area contributed by atoms with Crippen LogP contribution in [0.25, 0.3) is 0 Å². The lowest BCUT2D eigenvalue weighted by atomic mass is 9.87. The predicted octanol–water partition coefficient (Wildman–Crippen LogP) is 0.961. The van der Waals surface area contributed by atoms with E-state index in [0.717, 1.165) is 13.0 Å². The molecule has 2 fully saturated rings. The standard InChI is InChI=1S/C20H29N3O3/c1-3-21-18(24)17-11-16(22-19(25)20(2)13-26-14-20)12-23(17)10-9-15-7-5-4-6-8-15/h4-8,16-17H,3,9-14H2,1-2H3,(H,21,24)(H,22,25)/t16-,17+/m1/s1. The SMILES string of the molecule is CCNC(=O)[C@@H]1C[C@@H](NC(=O)C2(C)COC2)CN1CCc1ccccc1. The number of hydrogen-bond acceptors (Lipinski definition) is 4. The van der Waals surface area contributed by atoms with Crippen molar-refractivity contribution in [1.82, 2.24) is 15.5 Å². The smallest absolute Gasteiger partial charge is 0.237 e. The third-order valence-corrected chi connectivity index (χ3v) is 5.31. The normalized spacial score (nSPS) is 24.7. The molecule has 2 saturated heterocycles. The zero-order valence-corrected chi connectivity index (χ0v) is 15.7. The van der Waals surface area contributed by atoms with E-state index in [0.29, 0.717) is 32.7 Å². The fourth-order valence-corrected chi connectivity index (χ4v) is 3.64. The van der Waals surface area contributed by atoms with Gasteiger partial charge in [0.2, 0.25) is 11.8 Å². The van der Waals surface area contributed by atoms with Crippen LogP contribution in [0.2, 0.25) is 0 Å². The first kappa shape index (κ1) is 18.9. The zero-order chi connectivity index (χ0) is 18.6. The number of rotatable bonds is 7. The number of ether oxygens (including phenoxy) is 1. The van der Waals surface area contributed by atoms with Crippen molar-refractivity contribution in [2.24, 2.45) is 5.41 Å². The van der Waals surface area contributed by atoms with Gasteiger partial charge in [0.25, 0.3) is 0 Å². The van der Waals surface area contributed by atoms with Crippen molar-refractivity contribution < 1.29 is 14.3 Å². The maximum Gasteiger partial charge on any atom is 0.237 e. The van der Waals surface area contributed by atoms with E-state index in [4.69, 9.17) is 4.74 Å². The number of likely N-dealkylation sites (N-methyl/N-ethyl adjacent to an activating group) is 1. The van der Waals surface area contributed by atoms with Crippen LogP contribution in [0.4, 0.5) is 0 Å². The second kappa shape index (κ2) is 8.18. The van der Waals surface area contributed by atoms with Crippen LogP contribution in [-0.2, 0) is 20.7 Å². The molecule has 0 bridgehead atoms. The molecule has 1 aromatic carbocycles. The van der Waals surface area contributed by atoms with E-state index in [1.807, 2.05) is 32.0 Å². The number of amides is 2. The molecule has 6 nitrogen and oxygen atoms in total. The minimum atomic E-state index is -0.418. The lowest BCUT2D eigenvalue weighted by Gasteiger charge is -2.37. The van der Waals surface area contributed by atoms with Crippen LogP contribution < -0.4 is 10.6 Å². The van der Waals surface area contributed by atoms with Gasteiger partial charge in [0.15, 0.2) is 0 Å². The Balaban J connectivity index is 1.61. The van der Waals surface area contributed by atoms with E-state index in [-0.39, 0.29) is 23.9 Å². The van der Waals surface area contributed by atoms with E-state index >= 15 is 0 Å². The molecule has 2 amide bonds. The quantitative estimate of drug-likeness (QED) is 0.761. The van der Waals surface area contributed by atoms with Crippen molar-refractivity contribution in [3.8, 4) is 0 Å². The van der Waals surface area contributed by atoms with Crippen LogP contribution in [0.5, 0.6) is 0 Å². The summed E-state index contributed by atoms with van der Waals surface area (Å²) in [5.41, 5.74) is 0.840. The minimum absolute atomic E-state index is 0.00306. The summed E-state index contributed by atoms with van der Waals surface area (Å²) in [5.74, 6) is 0.0869. The van der Waals surface area contributed by atoms with Crippen LogP contribution in [-0.4, -0.2) is 61.6 Å². The third-order valence-electron chi connectivity index (χ3n) is 5.31. The molecule has 2 aliphatic heterocycles. The van der Waals surface area contributed by atoms with Gasteiger partial charge in [-0.3, -0.25) is 14.5 Å². The largest absolute Gasteiger partial charge is 0.379 e. The van der Waals surface area contributed by atoms with Gasteiger partial charge in [-0.1, -0.05) is 30.3 Å². The molecular weight excluding hydrogens is 330 g/mol. The van der Waals surface area contributed by atoms with Gasteiger partial charge in [0, 0.05) is 25.7 Å². The molecule has 0 aliphatic carbocycles. The van der Waals surface area contributed by atoms with Crippen molar-refractivity contribution in [2.45, 2.75) is 38.8 Å². The topological polar surface area (TPSA) is 70.7 Å². The molecule has 0 aromatic heterocycles. The molecule has 0 spiro atoms. The fourth-order valence-electron chi connectivity index (χ4n) is 3.64. The number of benzene rings is 1. The molecule has 1 aromatic rings. The molecule has 2 N–H and O–H groups in total. The molecule has 6 heteroatoms. The monoisotopic (exact) mass is 359 g/mol. The highest BCUT2D eigenvalue weighted by Gasteiger charge is 2.44. The summed E-state index contributed by atoms with van der Waals surface area (Å²) < 4.78 is 5.19. The highest BCUT2D eigenvalue weighted by Crippen LogP contribution is 2.28. The molecule has 3 rings (SSSR count). The predicted molar refractivity (Wildman–Crippen MR) is 99.7 cm³/mol. The van der Waals surface area contributed by atoms with E-state index < -0.39 is 5.41 Å². The number of nitrogens with one attached hydrogen (secondary N) is 2. The summed E-state index contributed by atoms with van der Waals surface area (Å²) in [7, 11) is 0. The lowest BCUT2D eigenvalue weighted by molar-refractivity contribution is -0.158. The molecule has 2 aliphatic rings. The van der Waals surface area contributed by atoms with Gasteiger partial charge in [-0.2, -0.15) is 0 Å². The maximum absolute atomic E-state index is 12.5. The Hall–Kier alpha value is -1.92. The summed E-state index contributed by atoms with van der Waals surface area (Å²) in [5, 5.41) is 6.06. The summed E-state index contributed by atoms with van der Waals surface area (Å²) in [6, 6.07) is 10.1. The third kappa shape index (κ3) is 4.24. The van der Waals surface area contributed by atoms with Crippen molar-refractivity contribution in [3.05, 3.63) is 35.9 Å². The van der Waals surface area contributed by atoms with E-state index in [1.54, 1.807) is 0 Å². The van der Waals surface area contributed by atoms with Gasteiger partial charge in [0.1, 0.15) is 0 Å². The second-order valence-corrected chi connectivity index (χ2v) is 7.60. The van der Waals surface area contributed by atoms with Gasteiger partial charge in [-0.15, -0.1) is 0 Å². The zero-order valence-electron chi connectivity index (χ0n) is 15.7. The maximum atomic E-state index is 12.5. The first-order valence-corrected chi connectivity index (χ1v) is 9.46. The summed E-state index contributed by atoms with van der Waals surface area (Å²) in [6.45, 7) is 6.93. The van der Waals surface area contributed by atoms with E-state index in [9.17, 15) is 9.59 Å². The van der Waals surface area contributed by atoms with Gasteiger partial charge in [0.05, 0.1) is 24.7 Å². The molecule has 0 unspecified atom stereocenters. The van der Waals surface area contributed by atoms with Crippen LogP contribution in [0, 0.1) is 5.41 Å².